The van der Waals surface area contributed by atoms with Crippen LogP contribution in [0, 0.1) is 0 Å². The summed E-state index contributed by atoms with van der Waals surface area (Å²) in [5, 5.41) is 5.62. The van der Waals surface area contributed by atoms with Crippen LogP contribution < -0.4 is 10.6 Å². The van der Waals surface area contributed by atoms with E-state index in [9.17, 15) is 9.59 Å². The summed E-state index contributed by atoms with van der Waals surface area (Å²) in [4.78, 5) is 31.6. The third-order valence-corrected chi connectivity index (χ3v) is 3.35. The first-order valence-corrected chi connectivity index (χ1v) is 7.27. The third-order valence-electron chi connectivity index (χ3n) is 3.35. The van der Waals surface area contributed by atoms with Crippen LogP contribution in [-0.4, -0.2) is 32.4 Å². The maximum Gasteiger partial charge on any atom is 0.271 e. The highest BCUT2D eigenvalue weighted by molar-refractivity contribution is 5.92. The molecule has 0 aliphatic heterocycles. The Kier molecular flexibility index (Phi) is 3.86. The summed E-state index contributed by atoms with van der Waals surface area (Å²) in [5.74, 6) is 0.414. The Morgan fingerprint density at radius 2 is 2.14 bits per heavy atom. The number of nitrogens with zero attached hydrogens (tertiary/aromatic N) is 3. The van der Waals surface area contributed by atoms with Gasteiger partial charge in [-0.1, -0.05) is 6.92 Å². The number of nitrogens with one attached hydrogen (secondary N) is 2. The van der Waals surface area contributed by atoms with Crippen LogP contribution >= 0.6 is 0 Å². The van der Waals surface area contributed by atoms with Gasteiger partial charge >= 0.3 is 0 Å². The average molecular weight is 299 g/mol. The lowest BCUT2D eigenvalue weighted by Crippen LogP contribution is -2.25. The summed E-state index contributed by atoms with van der Waals surface area (Å²) < 4.78 is 1.67. The summed E-state index contributed by atoms with van der Waals surface area (Å²) in [5.41, 5.74) is 1.01. The number of aromatic nitrogens is 3. The number of hydrogen-bond donors (Lipinski definition) is 2. The fourth-order valence-corrected chi connectivity index (χ4v) is 1.91. The molecule has 7 nitrogen and oxygen atoms in total. The van der Waals surface area contributed by atoms with Gasteiger partial charge in [0.05, 0.1) is 11.9 Å². The van der Waals surface area contributed by atoms with Crippen LogP contribution in [0.5, 0.6) is 0 Å². The summed E-state index contributed by atoms with van der Waals surface area (Å²) >= 11 is 0. The van der Waals surface area contributed by atoms with E-state index in [2.05, 4.69) is 20.6 Å². The van der Waals surface area contributed by atoms with Crippen molar-refractivity contribution in [2.45, 2.75) is 32.2 Å². The standard InChI is InChI=1S/C15H17N5O2/c1-2-14(21)18-11-5-6-13(16-7-11)20-8-12(17-9-20)15(22)19-10-3-4-10/h5-10H,2-4H2,1H3,(H,18,21)(H,19,22). The minimum absolute atomic E-state index is 0.0591. The number of imidazole rings is 1. The lowest BCUT2D eigenvalue weighted by molar-refractivity contribution is -0.115. The minimum Gasteiger partial charge on any atom is -0.348 e. The van der Waals surface area contributed by atoms with E-state index in [-0.39, 0.29) is 11.8 Å². The highest BCUT2D eigenvalue weighted by atomic mass is 16.2. The van der Waals surface area contributed by atoms with Crippen molar-refractivity contribution in [3.63, 3.8) is 0 Å². The molecule has 1 fully saturated rings. The van der Waals surface area contributed by atoms with Gasteiger partial charge in [-0.05, 0) is 25.0 Å². The zero-order chi connectivity index (χ0) is 15.5. The first-order chi connectivity index (χ1) is 10.7. The molecule has 0 spiro atoms. The second-order valence-electron chi connectivity index (χ2n) is 5.22. The third kappa shape index (κ3) is 3.30. The smallest absolute Gasteiger partial charge is 0.271 e. The van der Waals surface area contributed by atoms with Gasteiger partial charge in [-0.15, -0.1) is 0 Å². The summed E-state index contributed by atoms with van der Waals surface area (Å²) in [6.45, 7) is 1.79. The first kappa shape index (κ1) is 14.2. The molecular weight excluding hydrogens is 282 g/mol. The van der Waals surface area contributed by atoms with Crippen molar-refractivity contribution in [2.24, 2.45) is 0 Å². The molecule has 0 bridgehead atoms. The molecule has 2 aromatic rings. The molecule has 2 N–H and O–H groups in total. The van der Waals surface area contributed by atoms with E-state index in [1.807, 2.05) is 0 Å². The van der Waals surface area contributed by atoms with Gasteiger partial charge in [-0.2, -0.15) is 0 Å². The number of anilines is 1. The Morgan fingerprint density at radius 1 is 1.32 bits per heavy atom. The van der Waals surface area contributed by atoms with Gasteiger partial charge in [-0.25, -0.2) is 9.97 Å². The van der Waals surface area contributed by atoms with E-state index in [4.69, 9.17) is 0 Å². The number of hydrogen-bond acceptors (Lipinski definition) is 4. The van der Waals surface area contributed by atoms with Crippen LogP contribution in [0.3, 0.4) is 0 Å². The number of carbonyl (C=O) groups excluding carboxylic acids is 2. The van der Waals surface area contributed by atoms with Gasteiger partial charge < -0.3 is 10.6 Å². The molecule has 2 aromatic heterocycles. The molecule has 22 heavy (non-hydrogen) atoms. The number of pyridine rings is 1. The summed E-state index contributed by atoms with van der Waals surface area (Å²) in [7, 11) is 0. The topological polar surface area (TPSA) is 88.9 Å². The van der Waals surface area contributed by atoms with Crippen molar-refractivity contribution in [1.82, 2.24) is 19.9 Å². The fraction of sp³-hybridized carbons (Fsp3) is 0.333. The Bertz CT molecular complexity index is 688. The highest BCUT2D eigenvalue weighted by Gasteiger charge is 2.24. The zero-order valence-corrected chi connectivity index (χ0v) is 12.2. The van der Waals surface area contributed by atoms with E-state index >= 15 is 0 Å². The van der Waals surface area contributed by atoms with Gasteiger partial charge in [-0.3, -0.25) is 14.2 Å². The van der Waals surface area contributed by atoms with Crippen LogP contribution in [0.15, 0.2) is 30.9 Å². The van der Waals surface area contributed by atoms with Gasteiger partial charge in [0, 0.05) is 18.7 Å². The molecule has 1 saturated carbocycles. The van der Waals surface area contributed by atoms with Crippen molar-refractivity contribution in [3.05, 3.63) is 36.5 Å². The van der Waals surface area contributed by atoms with Gasteiger partial charge in [0.25, 0.3) is 5.91 Å². The molecule has 0 radical (unpaired) electrons. The molecule has 114 valence electrons. The monoisotopic (exact) mass is 299 g/mol. The quantitative estimate of drug-likeness (QED) is 0.875. The first-order valence-electron chi connectivity index (χ1n) is 7.27. The van der Waals surface area contributed by atoms with Crippen molar-refractivity contribution in [3.8, 4) is 5.82 Å². The molecule has 1 aliphatic rings. The molecule has 3 rings (SSSR count). The van der Waals surface area contributed by atoms with Crippen molar-refractivity contribution in [1.29, 1.82) is 0 Å². The molecule has 2 heterocycles. The Morgan fingerprint density at radius 3 is 2.77 bits per heavy atom. The summed E-state index contributed by atoms with van der Waals surface area (Å²) in [6.07, 6.45) is 7.27. The molecule has 2 amide bonds. The average Bonchev–Trinajstić information content (AvgIpc) is 3.20. The predicted octanol–water partition coefficient (Wildman–Crippen LogP) is 1.51. The molecule has 0 unspecified atom stereocenters. The second kappa shape index (κ2) is 5.97. The highest BCUT2D eigenvalue weighted by Crippen LogP contribution is 2.19. The summed E-state index contributed by atoms with van der Waals surface area (Å²) in [6, 6.07) is 3.83. The molecule has 0 saturated heterocycles. The van der Waals surface area contributed by atoms with Gasteiger partial charge in [0.15, 0.2) is 0 Å². The molecule has 7 heteroatoms. The molecule has 0 atom stereocenters. The lowest BCUT2D eigenvalue weighted by Gasteiger charge is -2.05. The maximum atomic E-state index is 11.9. The van der Waals surface area contributed by atoms with E-state index in [0.717, 1.165) is 12.8 Å². The zero-order valence-electron chi connectivity index (χ0n) is 12.2. The minimum atomic E-state index is -0.159. The van der Waals surface area contributed by atoms with E-state index in [0.29, 0.717) is 29.7 Å². The Labute approximate surface area is 127 Å². The normalized spacial score (nSPS) is 13.7. The van der Waals surface area contributed by atoms with E-state index in [1.54, 1.807) is 42.3 Å². The van der Waals surface area contributed by atoms with E-state index in [1.165, 1.54) is 0 Å². The second-order valence-corrected chi connectivity index (χ2v) is 5.22. The number of amides is 2. The Balaban J connectivity index is 1.69. The maximum absolute atomic E-state index is 11.9. The number of carbonyl (C=O) groups is 2. The van der Waals surface area contributed by atoms with Crippen LogP contribution in [0.4, 0.5) is 5.69 Å². The van der Waals surface area contributed by atoms with Crippen LogP contribution in [0.1, 0.15) is 36.7 Å². The SMILES string of the molecule is CCC(=O)Nc1ccc(-n2cnc(C(=O)NC3CC3)c2)nc1. The molecule has 0 aromatic carbocycles. The van der Waals surface area contributed by atoms with E-state index < -0.39 is 0 Å². The fourth-order valence-electron chi connectivity index (χ4n) is 1.91. The van der Waals surface area contributed by atoms with Crippen LogP contribution in [0.25, 0.3) is 5.82 Å². The van der Waals surface area contributed by atoms with Crippen LogP contribution in [-0.2, 0) is 4.79 Å². The van der Waals surface area contributed by atoms with Crippen molar-refractivity contribution < 1.29 is 9.59 Å². The van der Waals surface area contributed by atoms with Crippen molar-refractivity contribution >= 4 is 17.5 Å². The molecular formula is C15H17N5O2. The molecule has 1 aliphatic carbocycles. The van der Waals surface area contributed by atoms with Crippen molar-refractivity contribution in [2.75, 3.05) is 5.32 Å². The lowest BCUT2D eigenvalue weighted by atomic mass is 10.3. The van der Waals surface area contributed by atoms with Gasteiger partial charge in [0.2, 0.25) is 5.91 Å². The predicted molar refractivity (Wildman–Crippen MR) is 80.8 cm³/mol. The number of rotatable bonds is 5. The van der Waals surface area contributed by atoms with Gasteiger partial charge in [0.1, 0.15) is 17.8 Å². The Hall–Kier alpha value is -2.70. The van der Waals surface area contributed by atoms with Crippen LogP contribution in [0.2, 0.25) is 0 Å². The largest absolute Gasteiger partial charge is 0.348 e.